The summed E-state index contributed by atoms with van der Waals surface area (Å²) >= 11 is 1.55. The molecule has 0 N–H and O–H groups in total. The zero-order chi connectivity index (χ0) is 13.0. The second-order valence-electron chi connectivity index (χ2n) is 4.68. The van der Waals surface area contributed by atoms with Gasteiger partial charge in [-0.2, -0.15) is 0 Å². The van der Waals surface area contributed by atoms with Gasteiger partial charge in [0, 0.05) is 21.5 Å². The number of rotatable bonds is 0. The van der Waals surface area contributed by atoms with Gasteiger partial charge < -0.3 is 4.42 Å². The van der Waals surface area contributed by atoms with Crippen LogP contribution in [0.2, 0.25) is 0 Å². The lowest BCUT2D eigenvalue weighted by molar-refractivity contribution is 0.567. The van der Waals surface area contributed by atoms with Gasteiger partial charge in [-0.1, -0.05) is 47.7 Å². The van der Waals surface area contributed by atoms with Gasteiger partial charge in [0.05, 0.1) is 0 Å². The molecule has 0 aliphatic heterocycles. The second-order valence-corrected chi connectivity index (χ2v) is 5.66. The van der Waals surface area contributed by atoms with Crippen LogP contribution in [0.15, 0.2) is 51.7 Å². The van der Waals surface area contributed by atoms with E-state index in [9.17, 15) is 4.79 Å². The van der Waals surface area contributed by atoms with Crippen LogP contribution in [0.4, 0.5) is 0 Å². The van der Waals surface area contributed by atoms with E-state index in [0.29, 0.717) is 0 Å². The van der Waals surface area contributed by atoms with E-state index < -0.39 is 0 Å². The molecule has 3 heteroatoms. The van der Waals surface area contributed by atoms with Crippen molar-refractivity contribution < 1.29 is 4.42 Å². The molecule has 0 unspecified atom stereocenters. The van der Waals surface area contributed by atoms with Crippen LogP contribution in [0.5, 0.6) is 0 Å². The number of hydrogen-bond donors (Lipinski definition) is 0. The van der Waals surface area contributed by atoms with Crippen molar-refractivity contribution in [2.75, 3.05) is 0 Å². The normalized spacial score (nSPS) is 11.6. The van der Waals surface area contributed by atoms with Gasteiger partial charge in [0.15, 0.2) is 4.90 Å². The summed E-state index contributed by atoms with van der Waals surface area (Å²) < 4.78 is 6.53. The summed E-state index contributed by atoms with van der Waals surface area (Å²) in [6.07, 6.45) is 0. The van der Waals surface area contributed by atoms with Crippen LogP contribution in [0.1, 0.15) is 5.56 Å². The molecule has 2 heterocycles. The highest BCUT2D eigenvalue weighted by atomic mass is 32.1. The average Bonchev–Trinajstić information content (AvgIpc) is 2.77. The summed E-state index contributed by atoms with van der Waals surface area (Å²) in [5, 5.41) is 4.65. The van der Waals surface area contributed by atoms with Crippen LogP contribution >= 0.6 is 11.3 Å². The van der Waals surface area contributed by atoms with Crippen LogP contribution in [0, 0.1) is 6.92 Å². The Morgan fingerprint density at radius 3 is 2.79 bits per heavy atom. The van der Waals surface area contributed by atoms with Gasteiger partial charge in [0.1, 0.15) is 0 Å². The monoisotopic (exact) mass is 266 g/mol. The molecule has 2 aromatic heterocycles. The molecule has 0 saturated carbocycles. The first kappa shape index (κ1) is 10.8. The van der Waals surface area contributed by atoms with Crippen molar-refractivity contribution in [1.82, 2.24) is 0 Å². The molecule has 0 radical (unpaired) electrons. The van der Waals surface area contributed by atoms with Crippen molar-refractivity contribution in [3.8, 4) is 0 Å². The topological polar surface area (TPSA) is 30.2 Å². The standard InChI is InChI=1S/C16H10O2S/c1-9-8-13(17)18-16-14(9)12-7-6-10-4-2-3-5-11(10)15(12)19-16/h2-8H,1H3. The average molecular weight is 266 g/mol. The van der Waals surface area contributed by atoms with Gasteiger partial charge in [-0.25, -0.2) is 4.79 Å². The molecule has 0 aliphatic carbocycles. The van der Waals surface area contributed by atoms with Gasteiger partial charge in [0.25, 0.3) is 0 Å². The van der Waals surface area contributed by atoms with Gasteiger partial charge in [-0.3, -0.25) is 0 Å². The Balaban J connectivity index is 2.34. The van der Waals surface area contributed by atoms with E-state index in [1.165, 1.54) is 20.9 Å². The predicted molar refractivity (Wildman–Crippen MR) is 80.1 cm³/mol. The van der Waals surface area contributed by atoms with Crippen LogP contribution in [0.3, 0.4) is 0 Å². The fourth-order valence-electron chi connectivity index (χ4n) is 2.62. The van der Waals surface area contributed by atoms with E-state index in [0.717, 1.165) is 15.8 Å². The van der Waals surface area contributed by atoms with E-state index in [-0.39, 0.29) is 5.63 Å². The maximum Gasteiger partial charge on any atom is 0.337 e. The second kappa shape index (κ2) is 3.68. The highest BCUT2D eigenvalue weighted by Gasteiger charge is 2.12. The first-order chi connectivity index (χ1) is 9.24. The Labute approximate surface area is 112 Å². The third-order valence-corrected chi connectivity index (χ3v) is 4.59. The third kappa shape index (κ3) is 1.45. The third-order valence-electron chi connectivity index (χ3n) is 3.47. The minimum Gasteiger partial charge on any atom is -0.412 e. The van der Waals surface area contributed by atoms with E-state index in [2.05, 4.69) is 24.3 Å². The Morgan fingerprint density at radius 1 is 1.05 bits per heavy atom. The largest absolute Gasteiger partial charge is 0.412 e. The molecule has 92 valence electrons. The van der Waals surface area contributed by atoms with Gasteiger partial charge in [0.2, 0.25) is 0 Å². The lowest BCUT2D eigenvalue weighted by Gasteiger charge is -1.99. The van der Waals surface area contributed by atoms with Crippen molar-refractivity contribution in [3.63, 3.8) is 0 Å². The van der Waals surface area contributed by atoms with Crippen LogP contribution < -0.4 is 5.63 Å². The Kier molecular flexibility index (Phi) is 2.09. The quantitative estimate of drug-likeness (QED) is 0.470. The maximum absolute atomic E-state index is 11.5. The first-order valence-corrected chi connectivity index (χ1v) is 6.90. The highest BCUT2D eigenvalue weighted by Crippen LogP contribution is 2.38. The van der Waals surface area contributed by atoms with Crippen LogP contribution in [-0.4, -0.2) is 0 Å². The Morgan fingerprint density at radius 2 is 1.89 bits per heavy atom. The maximum atomic E-state index is 11.5. The van der Waals surface area contributed by atoms with Crippen molar-refractivity contribution in [3.05, 3.63) is 58.4 Å². The lowest BCUT2D eigenvalue weighted by Crippen LogP contribution is -1.95. The SMILES string of the molecule is Cc1cc(=O)oc2sc3c4ccccc4ccc3c12. The molecule has 0 atom stereocenters. The van der Waals surface area contributed by atoms with E-state index >= 15 is 0 Å². The number of fused-ring (bicyclic) bond motifs is 5. The molecule has 0 aliphatic rings. The zero-order valence-electron chi connectivity index (χ0n) is 10.3. The summed E-state index contributed by atoms with van der Waals surface area (Å²) in [5.41, 5.74) is 0.702. The molecule has 19 heavy (non-hydrogen) atoms. The molecule has 0 amide bonds. The Bertz CT molecular complexity index is 992. The predicted octanol–water partition coefficient (Wildman–Crippen LogP) is 4.47. The molecule has 0 saturated heterocycles. The molecule has 0 bridgehead atoms. The van der Waals surface area contributed by atoms with E-state index in [1.807, 2.05) is 19.1 Å². The zero-order valence-corrected chi connectivity index (χ0v) is 11.1. The number of aryl methyl sites for hydroxylation is 1. The van der Waals surface area contributed by atoms with Crippen molar-refractivity contribution >= 4 is 42.5 Å². The van der Waals surface area contributed by atoms with Crippen molar-refractivity contribution in [2.45, 2.75) is 6.92 Å². The highest BCUT2D eigenvalue weighted by molar-refractivity contribution is 7.26. The molecular formula is C16H10O2S. The molecule has 0 spiro atoms. The number of thiophene rings is 1. The summed E-state index contributed by atoms with van der Waals surface area (Å²) in [7, 11) is 0. The fraction of sp³-hybridized carbons (Fsp3) is 0.0625. The Hall–Kier alpha value is -2.13. The van der Waals surface area contributed by atoms with Crippen molar-refractivity contribution in [1.29, 1.82) is 0 Å². The minimum absolute atomic E-state index is 0.277. The molecule has 2 nitrogen and oxygen atoms in total. The number of hydrogen-bond acceptors (Lipinski definition) is 3. The first-order valence-electron chi connectivity index (χ1n) is 6.09. The van der Waals surface area contributed by atoms with Crippen LogP contribution in [-0.2, 0) is 0 Å². The minimum atomic E-state index is -0.277. The van der Waals surface area contributed by atoms with Crippen molar-refractivity contribution in [2.24, 2.45) is 0 Å². The summed E-state index contributed by atoms with van der Waals surface area (Å²) in [6, 6.07) is 14.1. The van der Waals surface area contributed by atoms with Gasteiger partial charge >= 0.3 is 5.63 Å². The van der Waals surface area contributed by atoms with E-state index in [1.54, 1.807) is 17.4 Å². The molecular weight excluding hydrogens is 256 g/mol. The number of benzene rings is 2. The molecule has 4 aromatic rings. The summed E-state index contributed by atoms with van der Waals surface area (Å²) in [6.45, 7) is 1.96. The van der Waals surface area contributed by atoms with Gasteiger partial charge in [-0.05, 0) is 23.3 Å². The summed E-state index contributed by atoms with van der Waals surface area (Å²) in [4.78, 5) is 12.2. The summed E-state index contributed by atoms with van der Waals surface area (Å²) in [5.74, 6) is 0. The lowest BCUT2D eigenvalue weighted by atomic mass is 10.1. The van der Waals surface area contributed by atoms with Gasteiger partial charge in [-0.15, -0.1) is 0 Å². The smallest absolute Gasteiger partial charge is 0.337 e. The van der Waals surface area contributed by atoms with E-state index in [4.69, 9.17) is 4.42 Å². The van der Waals surface area contributed by atoms with Crippen LogP contribution in [0.25, 0.3) is 31.1 Å². The molecule has 0 fully saturated rings. The molecule has 2 aromatic carbocycles. The fourth-order valence-corrected chi connectivity index (χ4v) is 3.88. The molecule has 4 rings (SSSR count).